The van der Waals surface area contributed by atoms with Gasteiger partial charge in [0.15, 0.2) is 0 Å². The van der Waals surface area contributed by atoms with Gasteiger partial charge in [0.2, 0.25) is 5.91 Å². The fourth-order valence-corrected chi connectivity index (χ4v) is 2.98. The Hall–Kier alpha value is -2.37. The van der Waals surface area contributed by atoms with Crippen LogP contribution in [0.4, 0.5) is 0 Å². The maximum atomic E-state index is 12.3. The Morgan fingerprint density at radius 3 is 2.83 bits per heavy atom. The van der Waals surface area contributed by atoms with Crippen LogP contribution in [0.5, 0.6) is 0 Å². The fourth-order valence-electron chi connectivity index (χ4n) is 2.98. The highest BCUT2D eigenvalue weighted by atomic mass is 16.2. The van der Waals surface area contributed by atoms with Gasteiger partial charge in [0, 0.05) is 13.0 Å². The minimum absolute atomic E-state index is 0.0317. The third kappa shape index (κ3) is 3.52. The molecule has 122 valence electrons. The summed E-state index contributed by atoms with van der Waals surface area (Å²) in [6.07, 6.45) is 3.98. The molecule has 1 atom stereocenters. The van der Waals surface area contributed by atoms with Gasteiger partial charge < -0.3 is 5.32 Å². The second-order valence-corrected chi connectivity index (χ2v) is 6.02. The molecule has 1 aliphatic rings. The summed E-state index contributed by atoms with van der Waals surface area (Å²) in [6, 6.07) is 9.66. The molecule has 1 aromatic carbocycles. The van der Waals surface area contributed by atoms with E-state index in [1.165, 1.54) is 4.68 Å². The van der Waals surface area contributed by atoms with E-state index in [0.717, 1.165) is 37.1 Å². The van der Waals surface area contributed by atoms with Gasteiger partial charge in [0.25, 0.3) is 0 Å². The first-order valence-corrected chi connectivity index (χ1v) is 8.16. The number of carbonyl (C=O) groups excluding carboxylic acids is 1. The molecule has 0 fully saturated rings. The van der Waals surface area contributed by atoms with Crippen molar-refractivity contribution in [1.82, 2.24) is 19.7 Å². The molecule has 1 aromatic heterocycles. The first-order chi connectivity index (χ1) is 11.1. The molecule has 0 aliphatic carbocycles. The number of amides is 1. The minimum atomic E-state index is -0.197. The van der Waals surface area contributed by atoms with Crippen LogP contribution in [0.2, 0.25) is 0 Å². The van der Waals surface area contributed by atoms with E-state index in [2.05, 4.69) is 10.4 Å². The molecular formula is C17H22N4O2. The van der Waals surface area contributed by atoms with Crippen LogP contribution >= 0.6 is 0 Å². The van der Waals surface area contributed by atoms with Gasteiger partial charge in [-0.15, -0.1) is 0 Å². The molecule has 0 bridgehead atoms. The molecule has 23 heavy (non-hydrogen) atoms. The van der Waals surface area contributed by atoms with Crippen molar-refractivity contribution in [3.8, 4) is 0 Å². The SMILES string of the molecule is C[C@@H](NC(=O)Cn1nc2n(c1=O)CCCCC2)c1ccccc1. The van der Waals surface area contributed by atoms with Crippen LogP contribution in [0.3, 0.4) is 0 Å². The monoisotopic (exact) mass is 314 g/mol. The summed E-state index contributed by atoms with van der Waals surface area (Å²) in [7, 11) is 0. The molecule has 0 unspecified atom stereocenters. The second kappa shape index (κ2) is 6.81. The smallest absolute Gasteiger partial charge is 0.346 e. The number of benzene rings is 1. The predicted octanol–water partition coefficient (Wildman–Crippen LogP) is 1.65. The summed E-state index contributed by atoms with van der Waals surface area (Å²) < 4.78 is 2.99. The molecule has 6 heteroatoms. The summed E-state index contributed by atoms with van der Waals surface area (Å²) in [5.74, 6) is 0.605. The van der Waals surface area contributed by atoms with Crippen LogP contribution in [-0.2, 0) is 24.3 Å². The number of nitrogens with zero attached hydrogens (tertiary/aromatic N) is 3. The highest BCUT2D eigenvalue weighted by Crippen LogP contribution is 2.12. The van der Waals surface area contributed by atoms with E-state index >= 15 is 0 Å². The molecule has 2 heterocycles. The lowest BCUT2D eigenvalue weighted by atomic mass is 10.1. The number of carbonyl (C=O) groups is 1. The van der Waals surface area contributed by atoms with Gasteiger partial charge in [0.05, 0.1) is 6.04 Å². The van der Waals surface area contributed by atoms with Gasteiger partial charge in [-0.25, -0.2) is 9.48 Å². The number of rotatable bonds is 4. The largest absolute Gasteiger partial charge is 0.348 e. The van der Waals surface area contributed by atoms with Gasteiger partial charge in [-0.2, -0.15) is 5.10 Å². The number of nitrogens with one attached hydrogen (secondary N) is 1. The molecule has 1 aliphatic heterocycles. The van der Waals surface area contributed by atoms with Crippen molar-refractivity contribution >= 4 is 5.91 Å². The topological polar surface area (TPSA) is 68.9 Å². The molecule has 0 saturated carbocycles. The maximum Gasteiger partial charge on any atom is 0.346 e. The summed E-state index contributed by atoms with van der Waals surface area (Å²) in [6.45, 7) is 2.60. The third-order valence-corrected chi connectivity index (χ3v) is 4.25. The molecule has 0 spiro atoms. The van der Waals surface area contributed by atoms with Crippen molar-refractivity contribution in [3.63, 3.8) is 0 Å². The molecule has 0 saturated heterocycles. The van der Waals surface area contributed by atoms with Crippen molar-refractivity contribution < 1.29 is 4.79 Å². The van der Waals surface area contributed by atoms with E-state index in [1.54, 1.807) is 4.57 Å². The molecule has 0 radical (unpaired) electrons. The van der Waals surface area contributed by atoms with Gasteiger partial charge >= 0.3 is 5.69 Å². The molecule has 3 rings (SSSR count). The predicted molar refractivity (Wildman–Crippen MR) is 87.0 cm³/mol. The van der Waals surface area contributed by atoms with E-state index < -0.39 is 0 Å². The Balaban J connectivity index is 1.68. The van der Waals surface area contributed by atoms with E-state index in [4.69, 9.17) is 0 Å². The summed E-state index contributed by atoms with van der Waals surface area (Å²) >= 11 is 0. The number of hydrogen-bond acceptors (Lipinski definition) is 3. The van der Waals surface area contributed by atoms with Crippen molar-refractivity contribution in [2.45, 2.75) is 51.7 Å². The summed E-state index contributed by atoms with van der Waals surface area (Å²) in [4.78, 5) is 24.6. The number of aromatic nitrogens is 3. The van der Waals surface area contributed by atoms with Crippen molar-refractivity contribution in [2.24, 2.45) is 0 Å². The van der Waals surface area contributed by atoms with E-state index in [9.17, 15) is 9.59 Å². The van der Waals surface area contributed by atoms with Crippen LogP contribution in [0, 0.1) is 0 Å². The molecule has 6 nitrogen and oxygen atoms in total. The zero-order chi connectivity index (χ0) is 16.2. The van der Waals surface area contributed by atoms with Crippen LogP contribution in [0.1, 0.15) is 43.6 Å². The summed E-state index contributed by atoms with van der Waals surface area (Å²) in [5.41, 5.74) is 0.859. The van der Waals surface area contributed by atoms with Gasteiger partial charge in [-0.1, -0.05) is 36.8 Å². The third-order valence-electron chi connectivity index (χ3n) is 4.25. The van der Waals surface area contributed by atoms with Crippen LogP contribution in [0.25, 0.3) is 0 Å². The van der Waals surface area contributed by atoms with E-state index in [1.807, 2.05) is 37.3 Å². The number of aryl methyl sites for hydroxylation is 1. The highest BCUT2D eigenvalue weighted by Gasteiger charge is 2.18. The zero-order valence-electron chi connectivity index (χ0n) is 13.4. The maximum absolute atomic E-state index is 12.3. The van der Waals surface area contributed by atoms with Crippen LogP contribution in [-0.4, -0.2) is 20.3 Å². The van der Waals surface area contributed by atoms with Gasteiger partial charge in [-0.3, -0.25) is 9.36 Å². The van der Waals surface area contributed by atoms with E-state index in [-0.39, 0.29) is 24.2 Å². The van der Waals surface area contributed by atoms with Crippen LogP contribution in [0.15, 0.2) is 35.1 Å². The lowest BCUT2D eigenvalue weighted by Crippen LogP contribution is -2.35. The molecule has 1 N–H and O–H groups in total. The fraction of sp³-hybridized carbons (Fsp3) is 0.471. The Morgan fingerprint density at radius 1 is 1.26 bits per heavy atom. The lowest BCUT2D eigenvalue weighted by Gasteiger charge is -2.13. The normalized spacial score (nSPS) is 15.5. The Kier molecular flexibility index (Phi) is 4.60. The van der Waals surface area contributed by atoms with Crippen molar-refractivity contribution in [2.75, 3.05) is 0 Å². The first-order valence-electron chi connectivity index (χ1n) is 8.16. The minimum Gasteiger partial charge on any atom is -0.348 e. The van der Waals surface area contributed by atoms with Crippen molar-refractivity contribution in [1.29, 1.82) is 0 Å². The average Bonchev–Trinajstić information content (AvgIpc) is 2.73. The second-order valence-electron chi connectivity index (χ2n) is 6.02. The summed E-state index contributed by atoms with van der Waals surface area (Å²) in [5, 5.41) is 7.25. The number of fused-ring (bicyclic) bond motifs is 1. The number of hydrogen-bond donors (Lipinski definition) is 1. The Bertz CT molecular complexity index is 733. The van der Waals surface area contributed by atoms with E-state index in [0.29, 0.717) is 6.54 Å². The zero-order valence-corrected chi connectivity index (χ0v) is 13.4. The van der Waals surface area contributed by atoms with Gasteiger partial charge in [0.1, 0.15) is 12.4 Å². The molecular weight excluding hydrogens is 292 g/mol. The van der Waals surface area contributed by atoms with Crippen molar-refractivity contribution in [3.05, 3.63) is 52.2 Å². The highest BCUT2D eigenvalue weighted by molar-refractivity contribution is 5.76. The average molecular weight is 314 g/mol. The standard InChI is InChI=1S/C17H22N4O2/c1-13(14-8-4-2-5-9-14)18-16(22)12-21-17(23)20-11-7-3-6-10-15(20)19-21/h2,4-5,8-9,13H,3,6-7,10-12H2,1H3,(H,18,22)/t13-/m1/s1. The first kappa shape index (κ1) is 15.5. The molecule has 1 amide bonds. The van der Waals surface area contributed by atoms with Crippen LogP contribution < -0.4 is 11.0 Å². The van der Waals surface area contributed by atoms with Gasteiger partial charge in [-0.05, 0) is 25.3 Å². The molecule has 2 aromatic rings. The quantitative estimate of drug-likeness (QED) is 0.933. The lowest BCUT2D eigenvalue weighted by molar-refractivity contribution is -0.122. The Morgan fingerprint density at radius 2 is 2.04 bits per heavy atom. The Labute approximate surface area is 135 Å².